The standard InChI is InChI=1S/C25H27N5O5S/c1-13-17(21(25(34)35)30-20(13)18(14(2)31)23(30)33)16-11-29-12-26-19(24(29)36-16)22(32)15-6-5-7-28(10-15)9-8-27(3)4/h5-7,10-14,18,20,31H,8-9H2,1-4H3/t13-,14+,18+,20+/m0/s1. The molecule has 1 saturated heterocycles. The van der Waals surface area contributed by atoms with Crippen molar-refractivity contribution in [3.63, 3.8) is 0 Å². The summed E-state index contributed by atoms with van der Waals surface area (Å²) < 4.78 is 3.66. The van der Waals surface area contributed by atoms with Crippen LogP contribution in [0.3, 0.4) is 0 Å². The minimum atomic E-state index is -1.43. The van der Waals surface area contributed by atoms with Gasteiger partial charge in [-0.1, -0.05) is 6.92 Å². The minimum absolute atomic E-state index is 0.162. The molecule has 1 amide bonds. The molecule has 2 aliphatic rings. The summed E-state index contributed by atoms with van der Waals surface area (Å²) in [6, 6.07) is 3.13. The average molecular weight is 510 g/mol. The van der Waals surface area contributed by atoms with Gasteiger partial charge in [-0.05, 0) is 27.1 Å². The topological polar surface area (TPSA) is 122 Å². The first-order valence-corrected chi connectivity index (χ1v) is 12.5. The predicted octanol–water partition coefficient (Wildman–Crippen LogP) is -0.206. The zero-order chi connectivity index (χ0) is 25.9. The van der Waals surface area contributed by atoms with E-state index in [4.69, 9.17) is 0 Å². The van der Waals surface area contributed by atoms with Gasteiger partial charge in [0.25, 0.3) is 0 Å². The molecule has 5 rings (SSSR count). The quantitative estimate of drug-likeness (QED) is 0.253. The molecule has 36 heavy (non-hydrogen) atoms. The minimum Gasteiger partial charge on any atom is -0.543 e. The fraction of sp³-hybridized carbons (Fsp3) is 0.400. The first-order valence-electron chi connectivity index (χ1n) is 11.7. The smallest absolute Gasteiger partial charge is 0.235 e. The van der Waals surface area contributed by atoms with Crippen LogP contribution in [0.5, 0.6) is 0 Å². The molecule has 3 aromatic rings. The number of β-lactam (4-membered cyclic amide) rings is 1. The SMILES string of the molecule is C[C@@H](O)[C@H]1C(=O)N2C(C(=O)[O-])=C(c3cn4cnc(C(=O)c5ccc[n+](CCN(C)C)c5)c4s3)[C@H](C)[C@H]12. The van der Waals surface area contributed by atoms with E-state index in [0.29, 0.717) is 20.8 Å². The molecule has 0 spiro atoms. The first-order chi connectivity index (χ1) is 17.1. The van der Waals surface area contributed by atoms with Crippen molar-refractivity contribution < 1.29 is 29.2 Å². The maximum absolute atomic E-state index is 13.4. The van der Waals surface area contributed by atoms with Gasteiger partial charge in [0.1, 0.15) is 16.9 Å². The second-order valence-corrected chi connectivity index (χ2v) is 10.7. The maximum Gasteiger partial charge on any atom is 0.235 e. The molecule has 0 bridgehead atoms. The number of fused-ring (bicyclic) bond motifs is 2. The highest BCUT2D eigenvalue weighted by molar-refractivity contribution is 7.18. The lowest BCUT2D eigenvalue weighted by molar-refractivity contribution is -0.696. The lowest BCUT2D eigenvalue weighted by Gasteiger charge is -2.47. The number of carbonyl (C=O) groups excluding carboxylic acids is 3. The van der Waals surface area contributed by atoms with Crippen molar-refractivity contribution in [1.82, 2.24) is 19.2 Å². The van der Waals surface area contributed by atoms with Gasteiger partial charge in [-0.3, -0.25) is 14.0 Å². The number of aliphatic hydroxyl groups is 1. The van der Waals surface area contributed by atoms with E-state index in [1.807, 2.05) is 37.8 Å². The van der Waals surface area contributed by atoms with Crippen LogP contribution in [0.15, 0.2) is 42.7 Å². The lowest BCUT2D eigenvalue weighted by Crippen LogP contribution is -2.64. The van der Waals surface area contributed by atoms with Crippen LogP contribution in [0, 0.1) is 11.8 Å². The maximum atomic E-state index is 13.4. The number of aliphatic carboxylic acids is 1. The van der Waals surface area contributed by atoms with E-state index in [0.717, 1.165) is 13.1 Å². The van der Waals surface area contributed by atoms with Crippen LogP contribution in [0.4, 0.5) is 0 Å². The number of likely N-dealkylation sites (N-methyl/N-ethyl adjacent to an activating group) is 1. The van der Waals surface area contributed by atoms with Gasteiger partial charge in [-0.15, -0.1) is 11.3 Å². The molecule has 1 N–H and O–H groups in total. The predicted molar refractivity (Wildman–Crippen MR) is 129 cm³/mol. The van der Waals surface area contributed by atoms with Gasteiger partial charge >= 0.3 is 0 Å². The number of hydrogen-bond acceptors (Lipinski definition) is 8. The lowest BCUT2D eigenvalue weighted by atomic mass is 9.77. The van der Waals surface area contributed by atoms with Crippen molar-refractivity contribution in [2.45, 2.75) is 32.5 Å². The second-order valence-electron chi connectivity index (χ2n) is 9.67. The normalized spacial score (nSPS) is 22.3. The van der Waals surface area contributed by atoms with Gasteiger partial charge in [0.05, 0.1) is 46.7 Å². The van der Waals surface area contributed by atoms with Gasteiger partial charge in [0.15, 0.2) is 18.9 Å². The van der Waals surface area contributed by atoms with Crippen LogP contribution in [-0.4, -0.2) is 74.7 Å². The summed E-state index contributed by atoms with van der Waals surface area (Å²) in [5.74, 6) is -3.06. The molecule has 10 nitrogen and oxygen atoms in total. The van der Waals surface area contributed by atoms with Gasteiger partial charge in [-0.25, -0.2) is 9.55 Å². The number of ketones is 1. The Labute approximate surface area is 211 Å². The highest BCUT2D eigenvalue weighted by atomic mass is 32.1. The molecule has 0 saturated carbocycles. The number of nitrogens with zero attached hydrogens (tertiary/aromatic N) is 5. The van der Waals surface area contributed by atoms with Crippen molar-refractivity contribution in [3.05, 3.63) is 58.9 Å². The van der Waals surface area contributed by atoms with Gasteiger partial charge in [0, 0.05) is 23.8 Å². The molecule has 0 aliphatic carbocycles. The highest BCUT2D eigenvalue weighted by Crippen LogP contribution is 2.51. The van der Waals surface area contributed by atoms with Crippen LogP contribution in [-0.2, 0) is 16.1 Å². The summed E-state index contributed by atoms with van der Waals surface area (Å²) >= 11 is 1.25. The number of aliphatic hydroxyl groups excluding tert-OH is 1. The number of hydrogen-bond donors (Lipinski definition) is 1. The number of carbonyl (C=O) groups is 3. The number of pyridine rings is 1. The summed E-state index contributed by atoms with van der Waals surface area (Å²) in [7, 11) is 3.97. The molecule has 3 aromatic heterocycles. The molecule has 11 heteroatoms. The van der Waals surface area contributed by atoms with Crippen molar-refractivity contribution in [2.24, 2.45) is 11.8 Å². The largest absolute Gasteiger partial charge is 0.543 e. The van der Waals surface area contributed by atoms with Crippen LogP contribution in [0.1, 0.15) is 34.8 Å². The monoisotopic (exact) mass is 509 g/mol. The third-order valence-electron chi connectivity index (χ3n) is 6.98. The Morgan fingerprint density at radius 1 is 1.36 bits per heavy atom. The summed E-state index contributed by atoms with van der Waals surface area (Å²) in [4.78, 5) is 46.9. The fourth-order valence-electron chi connectivity index (χ4n) is 5.21. The van der Waals surface area contributed by atoms with E-state index < -0.39 is 29.9 Å². The third kappa shape index (κ3) is 3.74. The number of carboxylic acid groups (broad SMARTS) is 1. The molecular weight excluding hydrogens is 482 g/mol. The third-order valence-corrected chi connectivity index (χ3v) is 8.13. The van der Waals surface area contributed by atoms with Crippen LogP contribution in [0.25, 0.3) is 10.4 Å². The Kier molecular flexibility index (Phi) is 6.01. The number of rotatable bonds is 8. The van der Waals surface area contributed by atoms with Crippen LogP contribution in [0.2, 0.25) is 0 Å². The number of amides is 1. The highest BCUT2D eigenvalue weighted by Gasteiger charge is 2.58. The van der Waals surface area contributed by atoms with E-state index in [2.05, 4.69) is 9.88 Å². The molecule has 0 radical (unpaired) electrons. The fourth-order valence-corrected chi connectivity index (χ4v) is 6.43. The molecule has 188 valence electrons. The number of carboxylic acids is 1. The first kappa shape index (κ1) is 24.3. The number of imidazole rings is 1. The van der Waals surface area contributed by atoms with Gasteiger partial charge in [0.2, 0.25) is 11.7 Å². The van der Waals surface area contributed by atoms with E-state index in [9.17, 15) is 24.6 Å². The average Bonchev–Trinajstić information content (AvgIpc) is 3.47. The molecule has 2 aliphatic heterocycles. The molecule has 4 atom stereocenters. The van der Waals surface area contributed by atoms with Crippen molar-refractivity contribution in [2.75, 3.05) is 20.6 Å². The molecule has 1 fully saturated rings. The van der Waals surface area contributed by atoms with E-state index in [1.54, 1.807) is 22.9 Å². The van der Waals surface area contributed by atoms with Gasteiger partial charge < -0.3 is 24.8 Å². The zero-order valence-electron chi connectivity index (χ0n) is 20.4. The second kappa shape index (κ2) is 8.91. The number of aromatic nitrogens is 3. The Balaban J connectivity index is 1.51. The molecular formula is C25H27N5O5S. The molecule has 0 unspecified atom stereocenters. The van der Waals surface area contributed by atoms with Crippen LogP contribution < -0.4 is 9.67 Å². The van der Waals surface area contributed by atoms with Crippen molar-refractivity contribution in [3.8, 4) is 0 Å². The Morgan fingerprint density at radius 3 is 2.78 bits per heavy atom. The zero-order valence-corrected chi connectivity index (χ0v) is 21.2. The Bertz CT molecular complexity index is 1420. The summed E-state index contributed by atoms with van der Waals surface area (Å²) in [6.45, 7) is 4.95. The van der Waals surface area contributed by atoms with E-state index in [1.165, 1.54) is 29.5 Å². The Hall–Kier alpha value is -3.41. The summed E-state index contributed by atoms with van der Waals surface area (Å²) in [5, 5.41) is 22.2. The number of thiazole rings is 1. The van der Waals surface area contributed by atoms with Crippen molar-refractivity contribution in [1.29, 1.82) is 0 Å². The summed E-state index contributed by atoms with van der Waals surface area (Å²) in [6.07, 6.45) is 6.08. The van der Waals surface area contributed by atoms with Crippen LogP contribution >= 0.6 is 11.3 Å². The summed E-state index contributed by atoms with van der Waals surface area (Å²) in [5.41, 5.74) is 1.10. The van der Waals surface area contributed by atoms with E-state index >= 15 is 0 Å². The molecule has 0 aromatic carbocycles. The molecule has 5 heterocycles. The van der Waals surface area contributed by atoms with Gasteiger partial charge in [-0.2, -0.15) is 0 Å². The Morgan fingerprint density at radius 2 is 2.11 bits per heavy atom. The van der Waals surface area contributed by atoms with E-state index in [-0.39, 0.29) is 23.1 Å². The van der Waals surface area contributed by atoms with Crippen molar-refractivity contribution >= 4 is 39.4 Å².